The molecular formula is C17H22N6O3S. The van der Waals surface area contributed by atoms with Gasteiger partial charge in [0.1, 0.15) is 4.90 Å². The number of nitrogens with zero attached hydrogens (tertiary/aromatic N) is 6. The molecule has 3 aromatic rings. The van der Waals surface area contributed by atoms with Gasteiger partial charge >= 0.3 is 0 Å². The molecule has 27 heavy (non-hydrogen) atoms. The maximum absolute atomic E-state index is 13.2. The van der Waals surface area contributed by atoms with Crippen molar-refractivity contribution >= 4 is 21.1 Å². The largest absolute Gasteiger partial charge is 0.371 e. The highest BCUT2D eigenvalue weighted by Gasteiger charge is 2.32. The van der Waals surface area contributed by atoms with E-state index < -0.39 is 10.0 Å². The van der Waals surface area contributed by atoms with Crippen molar-refractivity contribution in [2.45, 2.75) is 31.4 Å². The van der Waals surface area contributed by atoms with Crippen LogP contribution in [0.3, 0.4) is 0 Å². The SMILES string of the molecule is CCn1cc(C2CN(S(=O)(=O)c3cnc4c(c3)c(C)nn4C)CCO2)cn1. The van der Waals surface area contributed by atoms with Gasteiger partial charge in [-0.1, -0.05) is 0 Å². The zero-order chi connectivity index (χ0) is 19.2. The van der Waals surface area contributed by atoms with Crippen LogP contribution in [-0.2, 0) is 28.4 Å². The third-order valence-corrected chi connectivity index (χ3v) is 6.68. The number of aryl methyl sites for hydroxylation is 3. The molecule has 0 aromatic carbocycles. The molecule has 0 radical (unpaired) electrons. The number of pyridine rings is 1. The van der Waals surface area contributed by atoms with Crippen molar-refractivity contribution in [2.75, 3.05) is 19.7 Å². The Morgan fingerprint density at radius 2 is 2.15 bits per heavy atom. The molecule has 10 heteroatoms. The van der Waals surface area contributed by atoms with E-state index in [0.29, 0.717) is 18.8 Å². The van der Waals surface area contributed by atoms with E-state index in [1.807, 2.05) is 20.0 Å². The number of rotatable bonds is 4. The summed E-state index contributed by atoms with van der Waals surface area (Å²) in [6, 6.07) is 1.65. The van der Waals surface area contributed by atoms with E-state index in [4.69, 9.17) is 4.74 Å². The lowest BCUT2D eigenvalue weighted by atomic mass is 10.2. The summed E-state index contributed by atoms with van der Waals surface area (Å²) in [5.41, 5.74) is 2.30. The van der Waals surface area contributed by atoms with Gasteiger partial charge < -0.3 is 4.74 Å². The number of fused-ring (bicyclic) bond motifs is 1. The summed E-state index contributed by atoms with van der Waals surface area (Å²) in [5.74, 6) is 0. The first kappa shape index (κ1) is 18.1. The molecule has 1 aliphatic rings. The van der Waals surface area contributed by atoms with Crippen LogP contribution in [0.25, 0.3) is 11.0 Å². The molecule has 3 aromatic heterocycles. The van der Waals surface area contributed by atoms with Crippen LogP contribution >= 0.6 is 0 Å². The van der Waals surface area contributed by atoms with Crippen molar-refractivity contribution < 1.29 is 13.2 Å². The molecule has 1 aliphatic heterocycles. The van der Waals surface area contributed by atoms with Crippen molar-refractivity contribution in [3.8, 4) is 0 Å². The van der Waals surface area contributed by atoms with Crippen LogP contribution in [0.4, 0.5) is 0 Å². The van der Waals surface area contributed by atoms with E-state index >= 15 is 0 Å². The zero-order valence-electron chi connectivity index (χ0n) is 15.5. The Bertz CT molecular complexity index is 1090. The first-order valence-corrected chi connectivity index (χ1v) is 10.3. The molecule has 1 atom stereocenters. The van der Waals surface area contributed by atoms with E-state index in [-0.39, 0.29) is 17.5 Å². The number of aromatic nitrogens is 5. The molecule has 144 valence electrons. The summed E-state index contributed by atoms with van der Waals surface area (Å²) in [6.07, 6.45) is 4.70. The van der Waals surface area contributed by atoms with Gasteiger partial charge in [0.25, 0.3) is 0 Å². The van der Waals surface area contributed by atoms with Crippen LogP contribution < -0.4 is 0 Å². The Hall–Kier alpha value is -2.30. The van der Waals surface area contributed by atoms with Gasteiger partial charge in [0.15, 0.2) is 5.65 Å². The lowest BCUT2D eigenvalue weighted by Gasteiger charge is -2.31. The maximum atomic E-state index is 13.2. The average Bonchev–Trinajstić information content (AvgIpc) is 3.26. The third-order valence-electron chi connectivity index (χ3n) is 4.85. The van der Waals surface area contributed by atoms with Crippen molar-refractivity contribution in [3.05, 3.63) is 35.9 Å². The highest BCUT2D eigenvalue weighted by molar-refractivity contribution is 7.89. The van der Waals surface area contributed by atoms with E-state index in [0.717, 1.165) is 23.2 Å². The molecular weight excluding hydrogens is 368 g/mol. The predicted octanol–water partition coefficient (Wildman–Crippen LogP) is 1.26. The fraction of sp³-hybridized carbons (Fsp3) is 0.471. The molecule has 0 N–H and O–H groups in total. The van der Waals surface area contributed by atoms with E-state index in [2.05, 4.69) is 15.2 Å². The molecule has 1 unspecified atom stereocenters. The van der Waals surface area contributed by atoms with E-state index in [1.165, 1.54) is 10.5 Å². The van der Waals surface area contributed by atoms with Gasteiger partial charge in [-0.15, -0.1) is 0 Å². The second-order valence-corrected chi connectivity index (χ2v) is 8.54. The van der Waals surface area contributed by atoms with Gasteiger partial charge in [-0.05, 0) is 19.9 Å². The summed E-state index contributed by atoms with van der Waals surface area (Å²) in [7, 11) is -1.88. The lowest BCUT2D eigenvalue weighted by molar-refractivity contribution is -0.00260. The quantitative estimate of drug-likeness (QED) is 0.665. The minimum Gasteiger partial charge on any atom is -0.371 e. The van der Waals surface area contributed by atoms with E-state index in [1.54, 1.807) is 28.7 Å². The number of hydrogen-bond acceptors (Lipinski definition) is 6. The van der Waals surface area contributed by atoms with Crippen LogP contribution in [0.5, 0.6) is 0 Å². The summed E-state index contributed by atoms with van der Waals surface area (Å²) in [5, 5.41) is 9.30. The highest BCUT2D eigenvalue weighted by atomic mass is 32.2. The first-order valence-electron chi connectivity index (χ1n) is 8.83. The summed E-state index contributed by atoms with van der Waals surface area (Å²) in [6.45, 7) is 5.50. The predicted molar refractivity (Wildman–Crippen MR) is 98.6 cm³/mol. The lowest BCUT2D eigenvalue weighted by Crippen LogP contribution is -2.42. The Morgan fingerprint density at radius 1 is 1.33 bits per heavy atom. The Balaban J connectivity index is 1.64. The summed E-state index contributed by atoms with van der Waals surface area (Å²) < 4.78 is 37.0. The van der Waals surface area contributed by atoms with Gasteiger partial charge in [0.2, 0.25) is 10.0 Å². The molecule has 0 aliphatic carbocycles. The first-order chi connectivity index (χ1) is 12.9. The Morgan fingerprint density at radius 3 is 2.89 bits per heavy atom. The molecule has 4 rings (SSSR count). The van der Waals surface area contributed by atoms with Crippen molar-refractivity contribution in [2.24, 2.45) is 7.05 Å². The molecule has 9 nitrogen and oxygen atoms in total. The monoisotopic (exact) mass is 390 g/mol. The third kappa shape index (κ3) is 3.13. The van der Waals surface area contributed by atoms with Crippen LogP contribution in [0.2, 0.25) is 0 Å². The van der Waals surface area contributed by atoms with Crippen molar-refractivity contribution in [1.29, 1.82) is 0 Å². The van der Waals surface area contributed by atoms with Gasteiger partial charge in [-0.2, -0.15) is 14.5 Å². The molecule has 0 saturated carbocycles. The molecule has 1 saturated heterocycles. The molecule has 4 heterocycles. The van der Waals surface area contributed by atoms with Gasteiger partial charge in [-0.25, -0.2) is 13.4 Å². The van der Waals surface area contributed by atoms with Gasteiger partial charge in [-0.3, -0.25) is 9.36 Å². The number of sulfonamides is 1. The molecule has 0 bridgehead atoms. The molecule has 0 spiro atoms. The van der Waals surface area contributed by atoms with Crippen LogP contribution in [-0.4, -0.2) is 57.0 Å². The van der Waals surface area contributed by atoms with Gasteiger partial charge in [0, 0.05) is 50.0 Å². The van der Waals surface area contributed by atoms with Crippen LogP contribution in [0.1, 0.15) is 24.3 Å². The second kappa shape index (κ2) is 6.70. The average molecular weight is 390 g/mol. The topological polar surface area (TPSA) is 95.1 Å². The molecule has 0 amide bonds. The van der Waals surface area contributed by atoms with Crippen LogP contribution in [0, 0.1) is 6.92 Å². The highest BCUT2D eigenvalue weighted by Crippen LogP contribution is 2.27. The van der Waals surface area contributed by atoms with Crippen molar-refractivity contribution in [3.63, 3.8) is 0 Å². The fourth-order valence-corrected chi connectivity index (χ4v) is 4.74. The standard InChI is InChI=1S/C17H22N6O3S/c1-4-22-10-13(8-19-22)16-11-23(5-6-26-16)27(24,25)14-7-15-12(2)20-21(3)17(15)18-9-14/h7-10,16H,4-6,11H2,1-3H3. The summed E-state index contributed by atoms with van der Waals surface area (Å²) in [4.78, 5) is 4.48. The fourth-order valence-electron chi connectivity index (χ4n) is 3.34. The number of ether oxygens (including phenoxy) is 1. The smallest absolute Gasteiger partial charge is 0.244 e. The minimum atomic E-state index is -3.67. The van der Waals surface area contributed by atoms with Crippen LogP contribution in [0.15, 0.2) is 29.6 Å². The number of morpholine rings is 1. The maximum Gasteiger partial charge on any atom is 0.244 e. The van der Waals surface area contributed by atoms with Crippen molar-refractivity contribution in [1.82, 2.24) is 28.9 Å². The second-order valence-electron chi connectivity index (χ2n) is 6.60. The molecule has 1 fully saturated rings. The minimum absolute atomic E-state index is 0.177. The van der Waals surface area contributed by atoms with E-state index in [9.17, 15) is 8.42 Å². The normalized spacial score (nSPS) is 19.0. The Kier molecular flexibility index (Phi) is 4.49. The van der Waals surface area contributed by atoms with Gasteiger partial charge in [0.05, 0.1) is 24.6 Å². The zero-order valence-corrected chi connectivity index (χ0v) is 16.3. The Labute approximate surface area is 157 Å². The number of hydrogen-bond donors (Lipinski definition) is 0. The summed E-state index contributed by atoms with van der Waals surface area (Å²) >= 11 is 0.